The number of rotatable bonds is 11. The van der Waals surface area contributed by atoms with E-state index in [1.54, 1.807) is 6.20 Å². The van der Waals surface area contributed by atoms with Crippen molar-refractivity contribution in [1.82, 2.24) is 0 Å². The summed E-state index contributed by atoms with van der Waals surface area (Å²) in [6, 6.07) is 102. The van der Waals surface area contributed by atoms with Gasteiger partial charge in [0.1, 0.15) is 91.1 Å². The summed E-state index contributed by atoms with van der Waals surface area (Å²) in [6.07, 6.45) is 15.4. The van der Waals surface area contributed by atoms with Crippen LogP contribution in [0.5, 0.6) is 0 Å². The Morgan fingerprint density at radius 1 is 0.284 bits per heavy atom. The molecule has 10 aromatic heterocycles. The van der Waals surface area contributed by atoms with Crippen LogP contribution in [0.15, 0.2) is 350 Å². The molecule has 2 saturated carbocycles. The average Bonchev–Trinajstić information content (AvgIpc) is 1.60. The number of pyridine rings is 5. The van der Waals surface area contributed by atoms with Crippen LogP contribution in [0.3, 0.4) is 0 Å². The van der Waals surface area contributed by atoms with E-state index in [9.17, 15) is 0 Å². The number of aryl methyl sites for hydroxylation is 12. The molecule has 2 aliphatic carbocycles. The lowest BCUT2D eigenvalue weighted by Gasteiger charge is -2.21. The van der Waals surface area contributed by atoms with Crippen LogP contribution in [-0.2, 0) is 59.8 Å². The second-order valence-corrected chi connectivity index (χ2v) is 42.4. The maximum atomic E-state index is 9.06. The van der Waals surface area contributed by atoms with Crippen LogP contribution in [0.25, 0.3) is 220 Å². The van der Waals surface area contributed by atoms with Crippen molar-refractivity contribution < 1.29 is 57.3 Å². The predicted molar refractivity (Wildman–Crippen MR) is 616 cm³/mol. The summed E-state index contributed by atoms with van der Waals surface area (Å²) in [7, 11) is 10.1. The molecular weight excluding hydrogens is 1810 g/mol. The Labute approximate surface area is 879 Å². The fourth-order valence-corrected chi connectivity index (χ4v) is 23.8. The van der Waals surface area contributed by atoms with Crippen molar-refractivity contribution in [2.24, 2.45) is 53.0 Å². The molecule has 2 aliphatic rings. The molecular formula is C138H132N5O5+5. The second-order valence-electron chi connectivity index (χ2n) is 42.4. The predicted octanol–water partition coefficient (Wildman–Crippen LogP) is 34.7. The third-order valence-electron chi connectivity index (χ3n) is 31.4. The zero-order chi connectivity index (χ0) is 110. The SMILES string of the molecule is Cc1c(-c2ccc(C(C)(C)C)c[n+]2C)c2oc3ccccc3c2c2ccccc12.[2H]C([2H])([2H])c1c[n+](C)c(-c2c(C)c3ccccc3c3c2oc2ccccc23)cc1C.[2H]C([2H])(c1cc[n+](C)c(-c2c(C)c3ccccc3c3c2oc2ccccc23)c1)C(C)C.[2H]C([2H])(c1cc[n+](C)c(-c2c(C)c3ccccc3c3c2oc2ccccc23)c1)C1CCCC1.[2H]C([2H])(c1cc[n+](C)c(-c2c(C)c3ccccc3c3c2oc2ccccc23)c1)C1CCCCC1. The summed E-state index contributed by atoms with van der Waals surface area (Å²) in [5.74, 6) is 0.0321. The third kappa shape index (κ3) is 17.3. The zero-order valence-corrected chi connectivity index (χ0v) is 87.6. The van der Waals surface area contributed by atoms with Crippen molar-refractivity contribution in [3.05, 3.63) is 389 Å². The van der Waals surface area contributed by atoms with E-state index >= 15 is 0 Å². The lowest BCUT2D eigenvalue weighted by molar-refractivity contribution is -0.661. The molecule has 10 nitrogen and oxygen atoms in total. The van der Waals surface area contributed by atoms with Gasteiger partial charge in [0.05, 0.1) is 27.8 Å². The third-order valence-corrected chi connectivity index (χ3v) is 31.4. The first-order chi connectivity index (χ1) is 75.4. The highest BCUT2D eigenvalue weighted by Gasteiger charge is 2.34. The van der Waals surface area contributed by atoms with Crippen molar-refractivity contribution >= 4 is 164 Å². The van der Waals surface area contributed by atoms with E-state index in [2.05, 4.69) is 287 Å². The van der Waals surface area contributed by atoms with Gasteiger partial charge in [-0.05, 0) is 231 Å². The van der Waals surface area contributed by atoms with Crippen LogP contribution in [-0.4, -0.2) is 0 Å². The topological polar surface area (TPSA) is 85.1 Å². The molecule has 734 valence electrons. The molecule has 0 aliphatic heterocycles. The summed E-state index contributed by atoms with van der Waals surface area (Å²) in [4.78, 5) is 0. The molecule has 27 rings (SSSR count). The van der Waals surface area contributed by atoms with Gasteiger partial charge in [-0.25, -0.2) is 22.8 Å². The van der Waals surface area contributed by atoms with Crippen LogP contribution in [0.4, 0.5) is 0 Å². The van der Waals surface area contributed by atoms with Gasteiger partial charge in [0.25, 0.3) is 0 Å². The first kappa shape index (κ1) is 85.6. The first-order valence-electron chi connectivity index (χ1n) is 57.0. The molecule has 0 N–H and O–H groups in total. The number of fused-ring (bicyclic) bond motifs is 25. The lowest BCUT2D eigenvalue weighted by atomic mass is 9.84. The number of benzene rings is 15. The minimum absolute atomic E-state index is 0.0747. The Hall–Kier alpha value is -15.7. The molecule has 0 unspecified atom stereocenters. The molecule has 25 aromatic rings. The number of para-hydroxylation sites is 5. The van der Waals surface area contributed by atoms with Crippen molar-refractivity contribution in [2.45, 2.75) is 165 Å². The van der Waals surface area contributed by atoms with Crippen LogP contribution < -0.4 is 22.8 Å². The number of nitrogens with zero attached hydrogens (tertiary/aromatic N) is 5. The van der Waals surface area contributed by atoms with E-state index in [1.807, 2.05) is 169 Å². The number of aromatic nitrogens is 5. The summed E-state index contributed by atoms with van der Waals surface area (Å²) in [5, 5.41) is 23.3. The summed E-state index contributed by atoms with van der Waals surface area (Å²) in [5.41, 5.74) is 29.8. The molecule has 10 heteroatoms. The molecule has 10 heterocycles. The van der Waals surface area contributed by atoms with Gasteiger partial charge in [-0.3, -0.25) is 0 Å². The molecule has 0 radical (unpaired) electrons. The molecule has 0 spiro atoms. The van der Waals surface area contributed by atoms with Crippen LogP contribution >= 0.6 is 0 Å². The van der Waals surface area contributed by atoms with Crippen LogP contribution in [0.2, 0.25) is 0 Å². The normalized spacial score (nSPS) is 14.6. The Bertz CT molecular complexity index is 10000. The molecule has 0 bridgehead atoms. The number of hydrogen-bond acceptors (Lipinski definition) is 5. The van der Waals surface area contributed by atoms with Crippen molar-refractivity contribution in [2.75, 3.05) is 0 Å². The first-order valence-corrected chi connectivity index (χ1v) is 52.5. The van der Waals surface area contributed by atoms with Gasteiger partial charge in [0.2, 0.25) is 28.5 Å². The van der Waals surface area contributed by atoms with Crippen LogP contribution in [0, 0.1) is 66.1 Å². The summed E-state index contributed by atoms with van der Waals surface area (Å²) >= 11 is 0. The van der Waals surface area contributed by atoms with Crippen LogP contribution in [0.1, 0.15) is 166 Å². The van der Waals surface area contributed by atoms with Crippen molar-refractivity contribution in [3.63, 3.8) is 0 Å². The highest BCUT2D eigenvalue weighted by molar-refractivity contribution is 6.28. The lowest BCUT2D eigenvalue weighted by Crippen LogP contribution is -2.33. The molecule has 0 saturated heterocycles. The monoisotopic (exact) mass is 1950 g/mol. The molecule has 15 aromatic carbocycles. The van der Waals surface area contributed by atoms with Crippen molar-refractivity contribution in [3.8, 4) is 56.3 Å². The van der Waals surface area contributed by atoms with E-state index in [0.717, 1.165) is 240 Å². The van der Waals surface area contributed by atoms with Gasteiger partial charge in [-0.15, -0.1) is 0 Å². The van der Waals surface area contributed by atoms with Gasteiger partial charge in [-0.2, -0.15) is 0 Å². The van der Waals surface area contributed by atoms with E-state index in [1.165, 1.54) is 88.1 Å². The van der Waals surface area contributed by atoms with Gasteiger partial charge in [0, 0.05) is 126 Å². The minimum Gasteiger partial charge on any atom is -0.455 e. The Morgan fingerprint density at radius 3 is 0.831 bits per heavy atom. The summed E-state index contributed by atoms with van der Waals surface area (Å²) < 4.78 is 120. The highest BCUT2D eigenvalue weighted by Crippen LogP contribution is 2.51. The highest BCUT2D eigenvalue weighted by atomic mass is 16.3. The maximum Gasteiger partial charge on any atom is 0.216 e. The van der Waals surface area contributed by atoms with E-state index in [4.69, 9.17) is 34.4 Å². The Balaban J connectivity index is 0.000000106. The average molecular weight is 1950 g/mol. The van der Waals surface area contributed by atoms with E-state index < -0.39 is 26.0 Å². The largest absolute Gasteiger partial charge is 0.455 e. The Kier molecular flexibility index (Phi) is 22.7. The molecule has 148 heavy (non-hydrogen) atoms. The molecule has 2 fully saturated rings. The van der Waals surface area contributed by atoms with Crippen molar-refractivity contribution in [1.29, 1.82) is 0 Å². The number of hydrogen-bond donors (Lipinski definition) is 0. The van der Waals surface area contributed by atoms with Gasteiger partial charge in [-0.1, -0.05) is 305 Å². The van der Waals surface area contributed by atoms with E-state index in [0.29, 0.717) is 11.1 Å². The van der Waals surface area contributed by atoms with Gasteiger partial charge in [0.15, 0.2) is 31.0 Å². The Morgan fingerprint density at radius 2 is 0.541 bits per heavy atom. The number of furan rings is 5. The molecule has 0 atom stereocenters. The van der Waals surface area contributed by atoms with Gasteiger partial charge < -0.3 is 22.1 Å². The standard InChI is InChI=1S/C30H30NO.C29H28NO.2C27H26NO.C25H22NO/c1-20-23-12-6-7-13-24(23)29-25-14-8-9-15-27(25)32-30(29)28(20)26-19-22(16-17-31(26)2)18-21-10-4-3-5-11-21;1-19-22-11-5-6-12-23(22)28-24-13-7-8-14-26(24)31-29(28)27(19)25-18-21(15-16-30(25)2)17-20-9-3-4-10-20;1-17-19-10-6-7-11-20(19)25-21-12-8-9-13-23(21)29-26(25)24(17)22-15-14-18(16-28(22)5)27(2,3)4;1-17(2)15-19-13-14-28(4)23(16-19)25-18(3)20-9-5-6-10-21(20)26-22-11-7-8-12-24(22)29-27(25)26;1-15-13-21(26(4)14-16(15)2)23-17(3)18-9-5-6-10-19(18)24-20-11-7-8-12-22(20)27-25(23)24/h6-9,12-17,19,21H,3-5,10-11,18H2,1-2H3;5-8,11-16,18,20H,3-4,9-10,17H2,1-2H3;6-16H,1-5H3;5-14,16-17H,15H2,1-4H3;5-14H,1-4H3/q5*+1/i18D2;17D2;;15D2;2D3. The molecule has 0 amide bonds. The fraction of sp³-hybridized carbons (Fsp3) is 0.239. The van der Waals surface area contributed by atoms with Gasteiger partial charge >= 0.3 is 0 Å². The fourth-order valence-electron chi connectivity index (χ4n) is 23.8. The second kappa shape index (κ2) is 39.3. The summed E-state index contributed by atoms with van der Waals surface area (Å²) in [6.45, 7) is 21.1. The smallest absolute Gasteiger partial charge is 0.216 e. The minimum atomic E-state index is -2.15. The van der Waals surface area contributed by atoms with E-state index in [-0.39, 0.29) is 23.2 Å². The maximum absolute atomic E-state index is 9.06. The quantitative estimate of drug-likeness (QED) is 0.120. The zero-order valence-electron chi connectivity index (χ0n) is 96.6.